The van der Waals surface area contributed by atoms with Gasteiger partial charge >= 0.3 is 6.18 Å². The van der Waals surface area contributed by atoms with Crippen LogP contribution in [0.4, 0.5) is 18.9 Å². The molecule has 7 heteroatoms. The van der Waals surface area contributed by atoms with E-state index in [1.54, 1.807) is 18.0 Å². The molecular formula is C14H16F3N3O. The van der Waals surface area contributed by atoms with E-state index in [0.29, 0.717) is 19.7 Å². The summed E-state index contributed by atoms with van der Waals surface area (Å²) in [6.45, 7) is 1.66. The van der Waals surface area contributed by atoms with Crippen molar-refractivity contribution in [2.24, 2.45) is 0 Å². The number of nitrogens with zero attached hydrogens (tertiary/aromatic N) is 2. The van der Waals surface area contributed by atoms with Crippen molar-refractivity contribution in [2.45, 2.75) is 19.3 Å². The molecule has 114 valence electrons. The number of nitrogens with one attached hydrogen (secondary N) is 1. The van der Waals surface area contributed by atoms with E-state index in [0.717, 1.165) is 23.4 Å². The second-order valence-electron chi connectivity index (χ2n) is 4.53. The van der Waals surface area contributed by atoms with Gasteiger partial charge in [-0.25, -0.2) is 0 Å². The molecule has 0 amide bonds. The largest absolute Gasteiger partial charge is 0.416 e. The average Bonchev–Trinajstić information content (AvgIpc) is 2.90. The number of hydrogen-bond acceptors (Lipinski definition) is 3. The van der Waals surface area contributed by atoms with Gasteiger partial charge in [0, 0.05) is 19.9 Å². The highest BCUT2D eigenvalue weighted by Gasteiger charge is 2.29. The molecule has 0 fully saturated rings. The van der Waals surface area contributed by atoms with Gasteiger partial charge in [0.15, 0.2) is 0 Å². The molecule has 0 radical (unpaired) electrons. The van der Waals surface area contributed by atoms with Crippen molar-refractivity contribution in [3.05, 3.63) is 47.8 Å². The van der Waals surface area contributed by atoms with Crippen LogP contribution in [0.5, 0.6) is 0 Å². The van der Waals surface area contributed by atoms with Gasteiger partial charge in [0.1, 0.15) is 0 Å². The maximum Gasteiger partial charge on any atom is 0.416 e. The lowest BCUT2D eigenvalue weighted by atomic mass is 10.1. The summed E-state index contributed by atoms with van der Waals surface area (Å²) in [5.74, 6) is 0. The van der Waals surface area contributed by atoms with Crippen LogP contribution in [0.15, 0.2) is 36.7 Å². The Kier molecular flexibility index (Phi) is 4.85. The molecule has 0 aliphatic rings. The van der Waals surface area contributed by atoms with E-state index in [-0.39, 0.29) is 0 Å². The SMILES string of the molecule is COCCn1cc(NCc2ccc(C(F)(F)F)cc2)cn1. The number of hydrogen-bond donors (Lipinski definition) is 1. The maximum absolute atomic E-state index is 12.4. The molecule has 0 unspecified atom stereocenters. The first kappa shape index (κ1) is 15.4. The molecule has 0 saturated heterocycles. The number of anilines is 1. The van der Waals surface area contributed by atoms with Crippen LogP contribution in [-0.2, 0) is 24.0 Å². The smallest absolute Gasteiger partial charge is 0.383 e. The summed E-state index contributed by atoms with van der Waals surface area (Å²) in [6, 6.07) is 5.09. The van der Waals surface area contributed by atoms with E-state index in [9.17, 15) is 13.2 Å². The fourth-order valence-electron chi connectivity index (χ4n) is 1.78. The van der Waals surface area contributed by atoms with Crippen LogP contribution in [0.3, 0.4) is 0 Å². The average molecular weight is 299 g/mol. The molecule has 1 N–H and O–H groups in total. The minimum Gasteiger partial charge on any atom is -0.383 e. The zero-order chi connectivity index (χ0) is 15.3. The maximum atomic E-state index is 12.4. The molecule has 0 aliphatic carbocycles. The summed E-state index contributed by atoms with van der Waals surface area (Å²) in [5, 5.41) is 7.25. The van der Waals surface area contributed by atoms with Gasteiger partial charge in [-0.05, 0) is 17.7 Å². The number of aromatic nitrogens is 2. The highest BCUT2D eigenvalue weighted by molar-refractivity contribution is 5.39. The number of ether oxygens (including phenoxy) is 1. The van der Waals surface area contributed by atoms with E-state index < -0.39 is 11.7 Å². The Labute approximate surface area is 120 Å². The van der Waals surface area contributed by atoms with Gasteiger partial charge in [-0.1, -0.05) is 12.1 Å². The molecule has 1 aromatic carbocycles. The molecular weight excluding hydrogens is 283 g/mol. The van der Waals surface area contributed by atoms with Crippen molar-refractivity contribution in [1.82, 2.24) is 9.78 Å². The molecule has 1 aromatic heterocycles. The van der Waals surface area contributed by atoms with Crippen LogP contribution in [0.25, 0.3) is 0 Å². The normalized spacial score (nSPS) is 11.6. The van der Waals surface area contributed by atoms with Gasteiger partial charge in [0.05, 0.1) is 30.6 Å². The first-order valence-corrected chi connectivity index (χ1v) is 6.40. The van der Waals surface area contributed by atoms with Crippen LogP contribution < -0.4 is 5.32 Å². The van der Waals surface area contributed by atoms with Crippen molar-refractivity contribution in [3.8, 4) is 0 Å². The Morgan fingerprint density at radius 1 is 1.24 bits per heavy atom. The molecule has 0 bridgehead atoms. The summed E-state index contributed by atoms with van der Waals surface area (Å²) < 4.78 is 44.0. The van der Waals surface area contributed by atoms with E-state index in [2.05, 4.69) is 10.4 Å². The topological polar surface area (TPSA) is 39.1 Å². The first-order valence-electron chi connectivity index (χ1n) is 6.40. The standard InChI is InChI=1S/C14H16F3N3O/c1-21-7-6-20-10-13(9-19-20)18-8-11-2-4-12(5-3-11)14(15,16)17/h2-5,9-10,18H,6-8H2,1H3. The third-order valence-electron chi connectivity index (χ3n) is 2.94. The van der Waals surface area contributed by atoms with E-state index in [1.165, 1.54) is 12.1 Å². The summed E-state index contributed by atoms with van der Waals surface area (Å²) >= 11 is 0. The van der Waals surface area contributed by atoms with E-state index in [4.69, 9.17) is 4.74 Å². The van der Waals surface area contributed by atoms with Crippen molar-refractivity contribution in [3.63, 3.8) is 0 Å². The van der Waals surface area contributed by atoms with Crippen molar-refractivity contribution in [2.75, 3.05) is 19.0 Å². The van der Waals surface area contributed by atoms with Gasteiger partial charge in [0.2, 0.25) is 0 Å². The number of benzene rings is 1. The van der Waals surface area contributed by atoms with Gasteiger partial charge < -0.3 is 10.1 Å². The van der Waals surface area contributed by atoms with Crippen LogP contribution >= 0.6 is 0 Å². The molecule has 4 nitrogen and oxygen atoms in total. The van der Waals surface area contributed by atoms with Gasteiger partial charge in [0.25, 0.3) is 0 Å². The third-order valence-corrected chi connectivity index (χ3v) is 2.94. The second kappa shape index (κ2) is 6.62. The zero-order valence-corrected chi connectivity index (χ0v) is 11.5. The van der Waals surface area contributed by atoms with Crippen LogP contribution in [0, 0.1) is 0 Å². The predicted octanol–water partition coefficient (Wildman–Crippen LogP) is 3.16. The van der Waals surface area contributed by atoms with Gasteiger partial charge in [-0.2, -0.15) is 18.3 Å². The molecule has 21 heavy (non-hydrogen) atoms. The van der Waals surface area contributed by atoms with Gasteiger partial charge in [-0.3, -0.25) is 4.68 Å². The van der Waals surface area contributed by atoms with Crippen molar-refractivity contribution in [1.29, 1.82) is 0 Å². The van der Waals surface area contributed by atoms with E-state index >= 15 is 0 Å². The fraction of sp³-hybridized carbons (Fsp3) is 0.357. The molecule has 1 heterocycles. The predicted molar refractivity (Wildman–Crippen MR) is 72.9 cm³/mol. The lowest BCUT2D eigenvalue weighted by Gasteiger charge is -2.08. The monoisotopic (exact) mass is 299 g/mol. The lowest BCUT2D eigenvalue weighted by molar-refractivity contribution is -0.137. The minimum absolute atomic E-state index is 0.439. The fourth-order valence-corrected chi connectivity index (χ4v) is 1.78. The summed E-state index contributed by atoms with van der Waals surface area (Å²) in [6.07, 6.45) is -0.808. The van der Waals surface area contributed by atoms with Crippen LogP contribution in [0.1, 0.15) is 11.1 Å². The molecule has 2 aromatic rings. The molecule has 0 aliphatic heterocycles. The van der Waals surface area contributed by atoms with E-state index in [1.807, 2.05) is 6.20 Å². The molecule has 0 spiro atoms. The van der Waals surface area contributed by atoms with Crippen molar-refractivity contribution < 1.29 is 17.9 Å². The Morgan fingerprint density at radius 2 is 1.95 bits per heavy atom. The number of halogens is 3. The van der Waals surface area contributed by atoms with Crippen LogP contribution in [0.2, 0.25) is 0 Å². The first-order chi connectivity index (χ1) is 9.99. The Bertz CT molecular complexity index is 564. The Balaban J connectivity index is 1.89. The summed E-state index contributed by atoms with van der Waals surface area (Å²) in [7, 11) is 1.62. The molecule has 2 rings (SSSR count). The van der Waals surface area contributed by atoms with Crippen LogP contribution in [-0.4, -0.2) is 23.5 Å². The van der Waals surface area contributed by atoms with Gasteiger partial charge in [-0.15, -0.1) is 0 Å². The van der Waals surface area contributed by atoms with Crippen molar-refractivity contribution >= 4 is 5.69 Å². The molecule has 0 atom stereocenters. The third kappa shape index (κ3) is 4.49. The highest BCUT2D eigenvalue weighted by Crippen LogP contribution is 2.29. The number of alkyl halides is 3. The Hall–Kier alpha value is -2.02. The second-order valence-corrected chi connectivity index (χ2v) is 4.53. The Morgan fingerprint density at radius 3 is 2.57 bits per heavy atom. The number of rotatable bonds is 6. The zero-order valence-electron chi connectivity index (χ0n) is 11.5. The summed E-state index contributed by atoms with van der Waals surface area (Å²) in [4.78, 5) is 0. The summed E-state index contributed by atoms with van der Waals surface area (Å²) in [5.41, 5.74) is 0.942. The minimum atomic E-state index is -4.30. The molecule has 0 saturated carbocycles. The highest BCUT2D eigenvalue weighted by atomic mass is 19.4. The lowest BCUT2D eigenvalue weighted by Crippen LogP contribution is -2.05. The number of methoxy groups -OCH3 is 1. The quantitative estimate of drug-likeness (QED) is 0.890.